The van der Waals surface area contributed by atoms with Crippen LogP contribution in [0.4, 0.5) is 0 Å². The van der Waals surface area contributed by atoms with E-state index in [-0.39, 0.29) is 0 Å². The Bertz CT molecular complexity index is 611. The Morgan fingerprint density at radius 3 is 2.63 bits per heavy atom. The first kappa shape index (κ1) is 13.8. The zero-order valence-electron chi connectivity index (χ0n) is 9.96. The fourth-order valence-electron chi connectivity index (χ4n) is 1.63. The minimum absolute atomic E-state index is 0.727. The van der Waals surface area contributed by atoms with Crippen molar-refractivity contribution < 1.29 is 9.59 Å². The Kier molecular flexibility index (Phi) is 4.70. The summed E-state index contributed by atoms with van der Waals surface area (Å²) in [5, 5.41) is 2.38. The second-order valence-corrected chi connectivity index (χ2v) is 5.88. The van der Waals surface area contributed by atoms with Gasteiger partial charge in [-0.25, -0.2) is 0 Å². The van der Waals surface area contributed by atoms with E-state index in [1.165, 1.54) is 27.1 Å². The average molecular weight is 292 g/mol. The zero-order chi connectivity index (χ0) is 13.7. The van der Waals surface area contributed by atoms with E-state index in [4.69, 9.17) is 5.73 Å². The predicted molar refractivity (Wildman–Crippen MR) is 80.2 cm³/mol. The molecule has 0 aliphatic heterocycles. The van der Waals surface area contributed by atoms with Crippen LogP contribution in [0.2, 0.25) is 0 Å². The Morgan fingerprint density at radius 2 is 1.84 bits per heavy atom. The standard InChI is InChI=1S/C13H12N2O2S2/c14-12(16)13(17)15-19-18-8-10-6-3-5-9-4-1-2-7-11(9)10/h1-7H,8H2,(H2,14,16)(H,15,17). The van der Waals surface area contributed by atoms with Crippen LogP contribution in [-0.2, 0) is 15.3 Å². The van der Waals surface area contributed by atoms with Gasteiger partial charge in [-0.15, -0.1) is 0 Å². The lowest BCUT2D eigenvalue weighted by Gasteiger charge is -2.05. The summed E-state index contributed by atoms with van der Waals surface area (Å²) in [4.78, 5) is 21.5. The highest BCUT2D eigenvalue weighted by Crippen LogP contribution is 2.27. The third kappa shape index (κ3) is 3.65. The second kappa shape index (κ2) is 6.49. The van der Waals surface area contributed by atoms with Gasteiger partial charge in [0, 0.05) is 16.7 Å². The summed E-state index contributed by atoms with van der Waals surface area (Å²) >= 11 is 0. The van der Waals surface area contributed by atoms with Crippen LogP contribution in [0.1, 0.15) is 5.56 Å². The van der Waals surface area contributed by atoms with Crippen molar-refractivity contribution >= 4 is 44.4 Å². The summed E-state index contributed by atoms with van der Waals surface area (Å²) in [6.07, 6.45) is 0. The molecule has 0 fully saturated rings. The molecule has 0 bridgehead atoms. The first-order chi connectivity index (χ1) is 9.18. The predicted octanol–water partition coefficient (Wildman–Crippen LogP) is 2.24. The molecule has 0 heterocycles. The molecular formula is C13H12N2O2S2. The number of benzene rings is 2. The van der Waals surface area contributed by atoms with Gasteiger partial charge in [0.2, 0.25) is 0 Å². The van der Waals surface area contributed by atoms with E-state index >= 15 is 0 Å². The van der Waals surface area contributed by atoms with E-state index < -0.39 is 11.8 Å². The number of nitrogens with two attached hydrogens (primary N) is 1. The molecule has 98 valence electrons. The molecule has 0 aliphatic rings. The first-order valence-electron chi connectivity index (χ1n) is 5.53. The van der Waals surface area contributed by atoms with Gasteiger partial charge in [0.25, 0.3) is 0 Å². The van der Waals surface area contributed by atoms with Crippen LogP contribution >= 0.6 is 21.8 Å². The zero-order valence-corrected chi connectivity index (χ0v) is 11.6. The largest absolute Gasteiger partial charge is 0.361 e. The molecule has 3 N–H and O–H groups in total. The Balaban J connectivity index is 1.95. The molecule has 0 saturated carbocycles. The molecule has 4 nitrogen and oxygen atoms in total. The highest BCUT2D eigenvalue weighted by Gasteiger charge is 2.08. The fraction of sp³-hybridized carbons (Fsp3) is 0.0769. The Labute approximate surface area is 118 Å². The van der Waals surface area contributed by atoms with Gasteiger partial charge in [0.15, 0.2) is 0 Å². The molecule has 2 amide bonds. The van der Waals surface area contributed by atoms with Gasteiger partial charge in [0.05, 0.1) is 0 Å². The molecule has 0 atom stereocenters. The summed E-state index contributed by atoms with van der Waals surface area (Å²) in [7, 11) is 2.55. The van der Waals surface area contributed by atoms with Gasteiger partial charge in [-0.1, -0.05) is 53.3 Å². The van der Waals surface area contributed by atoms with E-state index in [1.54, 1.807) is 0 Å². The van der Waals surface area contributed by atoms with Crippen molar-refractivity contribution in [1.29, 1.82) is 0 Å². The maximum Gasteiger partial charge on any atom is 0.319 e. The monoisotopic (exact) mass is 292 g/mol. The molecule has 0 unspecified atom stereocenters. The van der Waals surface area contributed by atoms with Crippen LogP contribution in [0.3, 0.4) is 0 Å². The van der Waals surface area contributed by atoms with Crippen molar-refractivity contribution in [2.75, 3.05) is 0 Å². The molecule has 0 spiro atoms. The topological polar surface area (TPSA) is 72.2 Å². The Hall–Kier alpha value is -1.66. The summed E-state index contributed by atoms with van der Waals surface area (Å²) in [5.41, 5.74) is 6.01. The van der Waals surface area contributed by atoms with Gasteiger partial charge in [0.1, 0.15) is 0 Å². The maximum absolute atomic E-state index is 10.9. The summed E-state index contributed by atoms with van der Waals surface area (Å²) in [6.45, 7) is 0. The molecule has 6 heteroatoms. The number of hydrogen-bond acceptors (Lipinski definition) is 4. The van der Waals surface area contributed by atoms with Crippen LogP contribution in [-0.4, -0.2) is 11.8 Å². The van der Waals surface area contributed by atoms with E-state index in [1.807, 2.05) is 24.3 Å². The van der Waals surface area contributed by atoms with Gasteiger partial charge >= 0.3 is 11.8 Å². The van der Waals surface area contributed by atoms with Gasteiger partial charge in [-0.2, -0.15) is 0 Å². The third-order valence-corrected chi connectivity index (χ3v) is 4.28. The van der Waals surface area contributed by atoms with E-state index in [0.29, 0.717) is 0 Å². The molecule has 0 aliphatic carbocycles. The number of nitrogens with one attached hydrogen (secondary N) is 1. The first-order valence-corrected chi connectivity index (χ1v) is 7.85. The smallest absolute Gasteiger partial charge is 0.319 e. The van der Waals surface area contributed by atoms with Crippen molar-refractivity contribution in [3.05, 3.63) is 48.0 Å². The normalized spacial score (nSPS) is 10.3. The fourth-order valence-corrected chi connectivity index (χ4v) is 3.26. The summed E-state index contributed by atoms with van der Waals surface area (Å²) in [6, 6.07) is 14.2. The highest BCUT2D eigenvalue weighted by atomic mass is 33.1. The van der Waals surface area contributed by atoms with Crippen molar-refractivity contribution in [3.63, 3.8) is 0 Å². The van der Waals surface area contributed by atoms with E-state index in [0.717, 1.165) is 16.7 Å². The van der Waals surface area contributed by atoms with Crippen LogP contribution in [0, 0.1) is 0 Å². The number of primary amides is 1. The lowest BCUT2D eigenvalue weighted by Crippen LogP contribution is -2.31. The van der Waals surface area contributed by atoms with Crippen molar-refractivity contribution in [2.45, 2.75) is 5.75 Å². The molecule has 0 aromatic heterocycles. The third-order valence-electron chi connectivity index (χ3n) is 2.51. The van der Waals surface area contributed by atoms with E-state index in [9.17, 15) is 9.59 Å². The second-order valence-electron chi connectivity index (χ2n) is 3.78. The number of fused-ring (bicyclic) bond motifs is 1. The quantitative estimate of drug-likeness (QED) is 0.392. The highest BCUT2D eigenvalue weighted by molar-refractivity contribution is 8.75. The lowest BCUT2D eigenvalue weighted by molar-refractivity contribution is -0.136. The number of carbonyl (C=O) groups is 2. The SMILES string of the molecule is NC(=O)C(=O)NSSCc1cccc2ccccc12. The van der Waals surface area contributed by atoms with E-state index in [2.05, 4.69) is 22.9 Å². The maximum atomic E-state index is 10.9. The van der Waals surface area contributed by atoms with Crippen LogP contribution in [0.5, 0.6) is 0 Å². The minimum Gasteiger partial charge on any atom is -0.361 e. The lowest BCUT2D eigenvalue weighted by atomic mass is 10.1. The molecule has 2 aromatic carbocycles. The number of rotatable bonds is 4. The molecular weight excluding hydrogens is 280 g/mol. The van der Waals surface area contributed by atoms with Gasteiger partial charge < -0.3 is 5.73 Å². The number of hydrogen-bond donors (Lipinski definition) is 2. The molecule has 2 aromatic rings. The van der Waals surface area contributed by atoms with Crippen LogP contribution < -0.4 is 10.5 Å². The summed E-state index contributed by atoms with van der Waals surface area (Å²) in [5.74, 6) is -1.03. The van der Waals surface area contributed by atoms with Crippen molar-refractivity contribution in [3.8, 4) is 0 Å². The number of amides is 2. The molecule has 19 heavy (non-hydrogen) atoms. The molecule has 0 radical (unpaired) electrons. The van der Waals surface area contributed by atoms with Crippen LogP contribution in [0.25, 0.3) is 10.8 Å². The van der Waals surface area contributed by atoms with Crippen molar-refractivity contribution in [2.24, 2.45) is 5.73 Å². The van der Waals surface area contributed by atoms with Gasteiger partial charge in [-0.3, -0.25) is 14.3 Å². The van der Waals surface area contributed by atoms with Crippen molar-refractivity contribution in [1.82, 2.24) is 4.72 Å². The molecule has 2 rings (SSSR count). The van der Waals surface area contributed by atoms with Gasteiger partial charge in [-0.05, 0) is 16.3 Å². The Morgan fingerprint density at radius 1 is 1.11 bits per heavy atom. The number of carbonyl (C=O) groups excluding carboxylic acids is 2. The molecule has 0 saturated heterocycles. The summed E-state index contributed by atoms with van der Waals surface area (Å²) < 4.78 is 2.37. The average Bonchev–Trinajstić information content (AvgIpc) is 2.43. The van der Waals surface area contributed by atoms with Crippen LogP contribution in [0.15, 0.2) is 42.5 Å². The minimum atomic E-state index is -0.974.